The van der Waals surface area contributed by atoms with Gasteiger partial charge in [0, 0.05) is 10.0 Å². The third-order valence-electron chi connectivity index (χ3n) is 2.16. The van der Waals surface area contributed by atoms with Crippen LogP contribution in [0.1, 0.15) is 0 Å². The molecule has 0 amide bonds. The molecule has 2 rings (SSSR count). The van der Waals surface area contributed by atoms with Gasteiger partial charge in [0.15, 0.2) is 0 Å². The van der Waals surface area contributed by atoms with Crippen LogP contribution in [0.2, 0.25) is 10.0 Å². The van der Waals surface area contributed by atoms with Gasteiger partial charge in [0.25, 0.3) is 0 Å². The summed E-state index contributed by atoms with van der Waals surface area (Å²) < 4.78 is 14.1. The van der Waals surface area contributed by atoms with E-state index in [1.807, 2.05) is 24.3 Å². The smallest absolute Gasteiger partial charge is 0.125 e. The van der Waals surface area contributed by atoms with Crippen molar-refractivity contribution < 1.29 is 4.39 Å². The molecule has 0 aliphatic carbocycles. The largest absolute Gasteiger partial charge is 0.207 e. The maximum Gasteiger partial charge on any atom is 0.125 e. The molecule has 0 atom stereocenters. The van der Waals surface area contributed by atoms with Crippen molar-refractivity contribution in [1.82, 2.24) is 0 Å². The van der Waals surface area contributed by atoms with Crippen molar-refractivity contribution in [1.29, 1.82) is 0 Å². The van der Waals surface area contributed by atoms with Crippen molar-refractivity contribution in [2.45, 2.75) is 0 Å². The van der Waals surface area contributed by atoms with Crippen molar-refractivity contribution in [2.75, 3.05) is 0 Å². The number of halogens is 4. The highest BCUT2D eigenvalue weighted by atomic mass is 79.9. The standard InChI is InChI=1S/C12H6BrCl2F/c13-10-4-2-1-3-8(10)9-5-7(16)6-11(14)12(9)15/h1-6H. The molecule has 0 spiro atoms. The number of hydrogen-bond acceptors (Lipinski definition) is 0. The summed E-state index contributed by atoms with van der Waals surface area (Å²) in [5.74, 6) is -0.403. The zero-order valence-corrected chi connectivity index (χ0v) is 11.1. The number of hydrogen-bond donors (Lipinski definition) is 0. The Labute approximate surface area is 111 Å². The number of rotatable bonds is 1. The van der Waals surface area contributed by atoms with Crippen LogP contribution in [-0.2, 0) is 0 Å². The average molecular weight is 320 g/mol. The van der Waals surface area contributed by atoms with Crippen LogP contribution in [0, 0.1) is 5.82 Å². The fourth-order valence-electron chi connectivity index (χ4n) is 1.43. The third-order valence-corrected chi connectivity index (χ3v) is 3.65. The van der Waals surface area contributed by atoms with E-state index < -0.39 is 5.82 Å². The maximum atomic E-state index is 13.3. The van der Waals surface area contributed by atoms with Crippen molar-refractivity contribution in [2.24, 2.45) is 0 Å². The highest BCUT2D eigenvalue weighted by molar-refractivity contribution is 9.10. The lowest BCUT2D eigenvalue weighted by Gasteiger charge is -2.08. The van der Waals surface area contributed by atoms with E-state index in [4.69, 9.17) is 23.2 Å². The molecule has 0 unspecified atom stereocenters. The van der Waals surface area contributed by atoms with E-state index in [0.29, 0.717) is 10.6 Å². The molecule has 0 aromatic heterocycles. The normalized spacial score (nSPS) is 10.5. The minimum absolute atomic E-state index is 0.215. The van der Waals surface area contributed by atoms with Crippen LogP contribution in [0.15, 0.2) is 40.9 Å². The SMILES string of the molecule is Fc1cc(Cl)c(Cl)c(-c2ccccc2Br)c1. The van der Waals surface area contributed by atoms with Crippen LogP contribution < -0.4 is 0 Å². The molecule has 0 aliphatic rings. The first-order valence-corrected chi connectivity index (χ1v) is 6.04. The zero-order chi connectivity index (χ0) is 11.7. The molecular formula is C12H6BrCl2F. The summed E-state index contributed by atoms with van der Waals surface area (Å²) in [6.45, 7) is 0. The summed E-state index contributed by atoms with van der Waals surface area (Å²) in [5, 5.41) is 0.572. The lowest BCUT2D eigenvalue weighted by atomic mass is 10.1. The quantitative estimate of drug-likeness (QED) is 0.603. The zero-order valence-electron chi connectivity index (χ0n) is 7.98. The Bertz CT molecular complexity index is 541. The summed E-state index contributed by atoms with van der Waals surface area (Å²) in [6.07, 6.45) is 0. The predicted molar refractivity (Wildman–Crippen MR) is 69.6 cm³/mol. The summed E-state index contributed by atoms with van der Waals surface area (Å²) in [7, 11) is 0. The summed E-state index contributed by atoms with van der Waals surface area (Å²) in [5.41, 5.74) is 1.40. The van der Waals surface area contributed by atoms with Crippen LogP contribution in [-0.4, -0.2) is 0 Å². The van der Waals surface area contributed by atoms with Gasteiger partial charge in [0.2, 0.25) is 0 Å². The highest BCUT2D eigenvalue weighted by Gasteiger charge is 2.11. The van der Waals surface area contributed by atoms with E-state index in [2.05, 4.69) is 15.9 Å². The Balaban J connectivity index is 2.69. The van der Waals surface area contributed by atoms with E-state index in [1.54, 1.807) is 0 Å². The monoisotopic (exact) mass is 318 g/mol. The first-order chi connectivity index (χ1) is 7.59. The molecule has 0 radical (unpaired) electrons. The van der Waals surface area contributed by atoms with Gasteiger partial charge >= 0.3 is 0 Å². The highest BCUT2D eigenvalue weighted by Crippen LogP contribution is 2.37. The Morgan fingerprint density at radius 2 is 1.69 bits per heavy atom. The first kappa shape index (κ1) is 11.9. The van der Waals surface area contributed by atoms with Crippen LogP contribution in [0.4, 0.5) is 4.39 Å². The molecule has 0 aliphatic heterocycles. The second-order valence-electron chi connectivity index (χ2n) is 3.23. The van der Waals surface area contributed by atoms with Gasteiger partial charge in [-0.2, -0.15) is 0 Å². The topological polar surface area (TPSA) is 0 Å². The molecule has 0 heterocycles. The van der Waals surface area contributed by atoms with Gasteiger partial charge in [0.1, 0.15) is 5.82 Å². The van der Waals surface area contributed by atoms with Crippen LogP contribution in [0.3, 0.4) is 0 Å². The summed E-state index contributed by atoms with van der Waals surface area (Å²) >= 11 is 15.3. The van der Waals surface area contributed by atoms with Gasteiger partial charge in [-0.1, -0.05) is 57.3 Å². The van der Waals surface area contributed by atoms with Gasteiger partial charge in [-0.15, -0.1) is 0 Å². The van der Waals surface area contributed by atoms with Crippen LogP contribution in [0.25, 0.3) is 11.1 Å². The Morgan fingerprint density at radius 3 is 2.38 bits per heavy atom. The summed E-state index contributed by atoms with van der Waals surface area (Å²) in [4.78, 5) is 0. The molecule has 0 saturated carbocycles. The molecule has 2 aromatic carbocycles. The maximum absolute atomic E-state index is 13.3. The molecule has 2 aromatic rings. The molecule has 0 nitrogen and oxygen atoms in total. The van der Waals surface area contributed by atoms with Crippen molar-refractivity contribution in [3.8, 4) is 11.1 Å². The fraction of sp³-hybridized carbons (Fsp3) is 0. The van der Waals surface area contributed by atoms with E-state index in [9.17, 15) is 4.39 Å². The van der Waals surface area contributed by atoms with E-state index in [0.717, 1.165) is 10.0 Å². The van der Waals surface area contributed by atoms with Gasteiger partial charge in [-0.3, -0.25) is 0 Å². The molecule has 4 heteroatoms. The van der Waals surface area contributed by atoms with E-state index in [-0.39, 0.29) is 5.02 Å². The fourth-order valence-corrected chi connectivity index (χ4v) is 2.35. The molecule has 0 fully saturated rings. The number of benzene rings is 2. The lowest BCUT2D eigenvalue weighted by Crippen LogP contribution is -1.85. The first-order valence-electron chi connectivity index (χ1n) is 4.49. The van der Waals surface area contributed by atoms with E-state index in [1.165, 1.54) is 12.1 Å². The lowest BCUT2D eigenvalue weighted by molar-refractivity contribution is 0.628. The molecule has 0 saturated heterocycles. The Morgan fingerprint density at radius 1 is 1.00 bits per heavy atom. The molecular weight excluding hydrogens is 314 g/mol. The third kappa shape index (κ3) is 2.24. The molecule has 82 valence electrons. The average Bonchev–Trinajstić information content (AvgIpc) is 2.24. The van der Waals surface area contributed by atoms with Crippen molar-refractivity contribution in [3.63, 3.8) is 0 Å². The molecule has 16 heavy (non-hydrogen) atoms. The van der Waals surface area contributed by atoms with Crippen molar-refractivity contribution in [3.05, 3.63) is 56.7 Å². The Kier molecular flexibility index (Phi) is 3.53. The summed E-state index contributed by atoms with van der Waals surface area (Å²) in [6, 6.07) is 10.0. The minimum atomic E-state index is -0.403. The second-order valence-corrected chi connectivity index (χ2v) is 4.87. The van der Waals surface area contributed by atoms with Crippen molar-refractivity contribution >= 4 is 39.1 Å². The molecule has 0 N–H and O–H groups in total. The van der Waals surface area contributed by atoms with Gasteiger partial charge in [0.05, 0.1) is 10.0 Å². The predicted octanol–water partition coefficient (Wildman–Crippen LogP) is 5.56. The van der Waals surface area contributed by atoms with Crippen LogP contribution >= 0.6 is 39.1 Å². The minimum Gasteiger partial charge on any atom is -0.207 e. The Hall–Kier alpha value is -0.570. The van der Waals surface area contributed by atoms with Gasteiger partial charge in [-0.25, -0.2) is 4.39 Å². The van der Waals surface area contributed by atoms with Gasteiger partial charge in [-0.05, 0) is 23.8 Å². The van der Waals surface area contributed by atoms with Gasteiger partial charge < -0.3 is 0 Å². The van der Waals surface area contributed by atoms with E-state index >= 15 is 0 Å². The van der Waals surface area contributed by atoms with Crippen LogP contribution in [0.5, 0.6) is 0 Å². The molecule has 0 bridgehead atoms. The second kappa shape index (κ2) is 4.74.